The number of nitrogens with zero attached hydrogens (tertiary/aromatic N) is 3. The van der Waals surface area contributed by atoms with Crippen LogP contribution in [0.4, 0.5) is 0 Å². The molecule has 0 aliphatic rings. The predicted octanol–water partition coefficient (Wildman–Crippen LogP) is 10.8. The van der Waals surface area contributed by atoms with Crippen molar-refractivity contribution in [2.24, 2.45) is 0 Å². The second-order valence-corrected chi connectivity index (χ2v) is 12.0. The van der Waals surface area contributed by atoms with E-state index < -0.39 is 0 Å². The first-order chi connectivity index (χ1) is 20.7. The topological polar surface area (TPSA) is 38.7 Å². The van der Waals surface area contributed by atoms with Gasteiger partial charge in [-0.25, -0.2) is 4.98 Å². The molecule has 0 aliphatic heterocycles. The normalized spacial score (nSPS) is 11.9. The molecule has 0 saturated heterocycles. The van der Waals surface area contributed by atoms with E-state index in [1.165, 1.54) is 58.2 Å². The van der Waals surface area contributed by atoms with E-state index in [4.69, 9.17) is 16.6 Å². The fraction of sp³-hybridized carbons (Fsp3) is 0. The maximum absolute atomic E-state index is 6.42. The summed E-state index contributed by atoms with van der Waals surface area (Å²) in [6.07, 6.45) is 0. The molecule has 0 radical (unpaired) electrons. The summed E-state index contributed by atoms with van der Waals surface area (Å²) >= 11 is 8.21. The number of aromatic nitrogens is 3. The molecular formula is C37H20ClN3S. The third kappa shape index (κ3) is 3.63. The monoisotopic (exact) mass is 573 g/mol. The number of benzene rings is 7. The predicted molar refractivity (Wildman–Crippen MR) is 178 cm³/mol. The van der Waals surface area contributed by atoms with Gasteiger partial charge in [-0.2, -0.15) is 9.97 Å². The molecule has 0 fully saturated rings. The highest BCUT2D eigenvalue weighted by Gasteiger charge is 2.17. The van der Waals surface area contributed by atoms with E-state index in [2.05, 4.69) is 101 Å². The highest BCUT2D eigenvalue weighted by Crippen LogP contribution is 2.42. The second-order valence-electron chi connectivity index (χ2n) is 10.6. The van der Waals surface area contributed by atoms with Crippen LogP contribution >= 0.6 is 22.9 Å². The first-order valence-electron chi connectivity index (χ1n) is 13.8. The molecule has 0 saturated carbocycles. The standard InChI is InChI=1S/C37H20ClN3S/c38-37-40-35(23-6-2-1-3-7-23)39-36(41-37)29-10-5-11-30-34(29)28-17-16-24(20-31(28)42-30)27-18-25-14-12-21-8-4-9-22-13-15-26(19-27)33(25)32(21)22/h1-20H. The van der Waals surface area contributed by atoms with Crippen LogP contribution in [0.5, 0.6) is 0 Å². The fourth-order valence-corrected chi connectivity index (χ4v) is 7.63. The Hall–Kier alpha value is -4.90. The molecule has 2 aromatic heterocycles. The van der Waals surface area contributed by atoms with E-state index in [-0.39, 0.29) is 5.28 Å². The minimum Gasteiger partial charge on any atom is -0.208 e. The largest absolute Gasteiger partial charge is 0.226 e. The molecule has 0 unspecified atom stereocenters. The second kappa shape index (κ2) is 9.05. The van der Waals surface area contributed by atoms with Gasteiger partial charge in [0, 0.05) is 31.3 Å². The summed E-state index contributed by atoms with van der Waals surface area (Å²) in [5, 5.41) is 10.3. The van der Waals surface area contributed by atoms with Gasteiger partial charge in [0.05, 0.1) is 0 Å². The lowest BCUT2D eigenvalue weighted by atomic mass is 9.91. The molecule has 9 rings (SSSR count). The van der Waals surface area contributed by atoms with Crippen molar-refractivity contribution in [1.29, 1.82) is 0 Å². The Morgan fingerprint density at radius 2 is 1.14 bits per heavy atom. The number of rotatable bonds is 3. The van der Waals surface area contributed by atoms with Gasteiger partial charge < -0.3 is 0 Å². The fourth-order valence-electron chi connectivity index (χ4n) is 6.30. The SMILES string of the molecule is Clc1nc(-c2ccccc2)nc(-c2cccc3sc4cc(-c5cc6ccc7cccc8ccc(c5)c6c78)ccc4c23)n1. The van der Waals surface area contributed by atoms with E-state index in [0.717, 1.165) is 16.5 Å². The molecule has 0 bridgehead atoms. The molecule has 196 valence electrons. The molecule has 3 nitrogen and oxygen atoms in total. The summed E-state index contributed by atoms with van der Waals surface area (Å²) in [6, 6.07) is 43.1. The summed E-state index contributed by atoms with van der Waals surface area (Å²) in [6.45, 7) is 0. The van der Waals surface area contributed by atoms with E-state index in [1.54, 1.807) is 11.3 Å². The first kappa shape index (κ1) is 23.8. The maximum atomic E-state index is 6.42. The van der Waals surface area contributed by atoms with Crippen molar-refractivity contribution in [2.45, 2.75) is 0 Å². The molecule has 0 aliphatic carbocycles. The highest BCUT2D eigenvalue weighted by molar-refractivity contribution is 7.26. The van der Waals surface area contributed by atoms with Gasteiger partial charge in [0.2, 0.25) is 5.28 Å². The summed E-state index contributed by atoms with van der Waals surface area (Å²) < 4.78 is 2.41. The lowest BCUT2D eigenvalue weighted by molar-refractivity contribution is 1.07. The molecule has 5 heteroatoms. The van der Waals surface area contributed by atoms with E-state index >= 15 is 0 Å². The van der Waals surface area contributed by atoms with Crippen LogP contribution in [0.1, 0.15) is 0 Å². The minimum atomic E-state index is 0.187. The van der Waals surface area contributed by atoms with Gasteiger partial charge >= 0.3 is 0 Å². The van der Waals surface area contributed by atoms with Crippen LogP contribution in [0.3, 0.4) is 0 Å². The molecule has 42 heavy (non-hydrogen) atoms. The zero-order valence-electron chi connectivity index (χ0n) is 22.2. The van der Waals surface area contributed by atoms with Crippen molar-refractivity contribution in [3.05, 3.63) is 127 Å². The van der Waals surface area contributed by atoms with Gasteiger partial charge in [-0.1, -0.05) is 97.1 Å². The quantitative estimate of drug-likeness (QED) is 0.197. The third-order valence-electron chi connectivity index (χ3n) is 8.17. The Kier molecular flexibility index (Phi) is 5.12. The van der Waals surface area contributed by atoms with E-state index in [1.807, 2.05) is 30.3 Å². The Morgan fingerprint density at radius 1 is 0.452 bits per heavy atom. The van der Waals surface area contributed by atoms with E-state index in [0.29, 0.717) is 11.6 Å². The van der Waals surface area contributed by atoms with Crippen LogP contribution in [0.2, 0.25) is 5.28 Å². The van der Waals surface area contributed by atoms with Gasteiger partial charge in [-0.3, -0.25) is 0 Å². The van der Waals surface area contributed by atoms with Crippen molar-refractivity contribution in [3.8, 4) is 33.9 Å². The first-order valence-corrected chi connectivity index (χ1v) is 15.0. The molecule has 0 spiro atoms. The zero-order valence-corrected chi connectivity index (χ0v) is 23.7. The van der Waals surface area contributed by atoms with Gasteiger partial charge in [0.15, 0.2) is 11.6 Å². The van der Waals surface area contributed by atoms with Gasteiger partial charge in [0.25, 0.3) is 0 Å². The number of fused-ring (bicyclic) bond motifs is 3. The van der Waals surface area contributed by atoms with E-state index in [9.17, 15) is 0 Å². The van der Waals surface area contributed by atoms with Crippen LogP contribution in [0.15, 0.2) is 121 Å². The Labute approximate surface area is 250 Å². The van der Waals surface area contributed by atoms with Crippen LogP contribution in [-0.2, 0) is 0 Å². The van der Waals surface area contributed by atoms with Crippen molar-refractivity contribution >= 4 is 75.4 Å². The Balaban J connectivity index is 1.21. The minimum absolute atomic E-state index is 0.187. The Bertz CT molecular complexity index is 2420. The average molecular weight is 574 g/mol. The summed E-state index contributed by atoms with van der Waals surface area (Å²) in [7, 11) is 0. The lowest BCUT2D eigenvalue weighted by Crippen LogP contribution is -1.97. The number of hydrogen-bond acceptors (Lipinski definition) is 4. The van der Waals surface area contributed by atoms with Crippen molar-refractivity contribution in [1.82, 2.24) is 15.0 Å². The highest BCUT2D eigenvalue weighted by atomic mass is 35.5. The van der Waals surface area contributed by atoms with Gasteiger partial charge in [0.1, 0.15) is 0 Å². The van der Waals surface area contributed by atoms with Crippen molar-refractivity contribution < 1.29 is 0 Å². The van der Waals surface area contributed by atoms with Crippen LogP contribution < -0.4 is 0 Å². The van der Waals surface area contributed by atoms with Crippen LogP contribution in [-0.4, -0.2) is 15.0 Å². The van der Waals surface area contributed by atoms with Crippen molar-refractivity contribution in [2.75, 3.05) is 0 Å². The molecule has 2 heterocycles. The molecule has 7 aromatic carbocycles. The lowest BCUT2D eigenvalue weighted by Gasteiger charge is -2.13. The molecular weight excluding hydrogens is 554 g/mol. The van der Waals surface area contributed by atoms with Crippen LogP contribution in [0.25, 0.3) is 86.4 Å². The molecule has 0 atom stereocenters. The average Bonchev–Trinajstić information content (AvgIpc) is 3.42. The van der Waals surface area contributed by atoms with Crippen molar-refractivity contribution in [3.63, 3.8) is 0 Å². The molecule has 0 amide bonds. The summed E-state index contributed by atoms with van der Waals surface area (Å²) in [4.78, 5) is 13.8. The van der Waals surface area contributed by atoms with Gasteiger partial charge in [-0.05, 0) is 79.3 Å². The number of thiophene rings is 1. The molecule has 0 N–H and O–H groups in total. The summed E-state index contributed by atoms with van der Waals surface area (Å²) in [5.41, 5.74) is 4.28. The number of halogens is 1. The Morgan fingerprint density at radius 3 is 1.93 bits per heavy atom. The smallest absolute Gasteiger partial charge is 0.208 e. The molecule has 9 aromatic rings. The van der Waals surface area contributed by atoms with Gasteiger partial charge in [-0.15, -0.1) is 11.3 Å². The third-order valence-corrected chi connectivity index (χ3v) is 9.46. The maximum Gasteiger partial charge on any atom is 0.226 e. The zero-order chi connectivity index (χ0) is 27.8. The van der Waals surface area contributed by atoms with Crippen LogP contribution in [0, 0.1) is 0 Å². The number of hydrogen-bond donors (Lipinski definition) is 0. The summed E-state index contributed by atoms with van der Waals surface area (Å²) in [5.74, 6) is 1.15.